The maximum absolute atomic E-state index is 12.9. The number of aliphatic hydroxyl groups is 3. The van der Waals surface area contributed by atoms with Crippen molar-refractivity contribution in [2.24, 2.45) is 35.0 Å². The van der Waals surface area contributed by atoms with E-state index in [1.807, 2.05) is 26.0 Å². The van der Waals surface area contributed by atoms with Crippen LogP contribution in [0.3, 0.4) is 0 Å². The third kappa shape index (κ3) is 2.87. The van der Waals surface area contributed by atoms with Crippen LogP contribution in [0.25, 0.3) is 0 Å². The molecule has 0 amide bonds. The first-order chi connectivity index (χ1) is 10.8. The number of aliphatic hydroxyl groups excluding tert-OH is 3. The first kappa shape index (κ1) is 18.2. The SMILES string of the molecule is CC[C@@H](C)[C@H]1C=C[C@H]2[C@H](O)[C@H](O)C[C@@H](C)[C@@H]2[C@@]1(C)C(=O)C=CO. The number of allylic oxidation sites excluding steroid dienone is 2. The topological polar surface area (TPSA) is 77.8 Å². The molecule has 4 heteroatoms. The maximum Gasteiger partial charge on any atom is 0.165 e. The van der Waals surface area contributed by atoms with Crippen LogP contribution in [0.4, 0.5) is 0 Å². The standard InChI is InChI=1S/C19H30O4/c1-5-11(2)14-7-6-13-17(12(3)10-15(21)18(13)23)19(14,4)16(22)8-9-20/h6-9,11-15,17-18,20-21,23H,5,10H2,1-4H3/t11-,12-,13-,14-,15-,17+,18+,19-/m1/s1. The summed E-state index contributed by atoms with van der Waals surface area (Å²) in [4.78, 5) is 12.9. The fourth-order valence-corrected chi connectivity index (χ4v) is 5.02. The van der Waals surface area contributed by atoms with Gasteiger partial charge in [-0.1, -0.05) is 46.3 Å². The summed E-state index contributed by atoms with van der Waals surface area (Å²) in [5.74, 6) is 0.131. The molecular weight excluding hydrogens is 292 g/mol. The van der Waals surface area contributed by atoms with Gasteiger partial charge in [0.1, 0.15) is 0 Å². The third-order valence-corrected chi connectivity index (χ3v) is 6.37. The minimum Gasteiger partial charge on any atom is -0.515 e. The van der Waals surface area contributed by atoms with Crippen molar-refractivity contribution in [1.29, 1.82) is 0 Å². The zero-order valence-corrected chi connectivity index (χ0v) is 14.5. The Labute approximate surface area is 138 Å². The van der Waals surface area contributed by atoms with E-state index in [1.54, 1.807) is 0 Å². The van der Waals surface area contributed by atoms with Gasteiger partial charge in [-0.05, 0) is 30.1 Å². The molecule has 8 atom stereocenters. The molecule has 0 saturated heterocycles. The number of ketones is 1. The first-order valence-electron chi connectivity index (χ1n) is 8.68. The Balaban J connectivity index is 2.55. The number of carbonyl (C=O) groups excluding carboxylic acids is 1. The van der Waals surface area contributed by atoms with Crippen LogP contribution in [0.2, 0.25) is 0 Å². The zero-order valence-electron chi connectivity index (χ0n) is 14.5. The van der Waals surface area contributed by atoms with Gasteiger partial charge in [-0.25, -0.2) is 0 Å². The van der Waals surface area contributed by atoms with Gasteiger partial charge in [-0.3, -0.25) is 4.79 Å². The van der Waals surface area contributed by atoms with Crippen molar-refractivity contribution in [3.05, 3.63) is 24.5 Å². The van der Waals surface area contributed by atoms with Gasteiger partial charge in [0, 0.05) is 17.4 Å². The number of hydrogen-bond donors (Lipinski definition) is 3. The van der Waals surface area contributed by atoms with Crippen LogP contribution in [-0.2, 0) is 4.79 Å². The van der Waals surface area contributed by atoms with Crippen LogP contribution >= 0.6 is 0 Å². The zero-order chi connectivity index (χ0) is 17.4. The highest BCUT2D eigenvalue weighted by atomic mass is 16.3. The summed E-state index contributed by atoms with van der Waals surface area (Å²) in [6.07, 6.45) is 5.98. The number of fused-ring (bicyclic) bond motifs is 1. The molecule has 2 aliphatic carbocycles. The van der Waals surface area contributed by atoms with Crippen LogP contribution in [0, 0.1) is 35.0 Å². The number of hydrogen-bond acceptors (Lipinski definition) is 4. The molecule has 0 spiro atoms. The molecule has 0 aliphatic heterocycles. The van der Waals surface area contributed by atoms with Crippen molar-refractivity contribution in [1.82, 2.24) is 0 Å². The summed E-state index contributed by atoms with van der Waals surface area (Å²) < 4.78 is 0. The van der Waals surface area contributed by atoms with Crippen molar-refractivity contribution in [3.63, 3.8) is 0 Å². The summed E-state index contributed by atoms with van der Waals surface area (Å²) in [5.41, 5.74) is -0.686. The van der Waals surface area contributed by atoms with Crippen molar-refractivity contribution in [3.8, 4) is 0 Å². The Bertz CT molecular complexity index is 498. The molecule has 0 heterocycles. The van der Waals surface area contributed by atoms with Crippen LogP contribution in [0.1, 0.15) is 40.5 Å². The Morgan fingerprint density at radius 2 is 2.04 bits per heavy atom. The molecule has 1 saturated carbocycles. The molecule has 3 N–H and O–H groups in total. The van der Waals surface area contributed by atoms with Gasteiger partial charge in [0.25, 0.3) is 0 Å². The predicted molar refractivity (Wildman–Crippen MR) is 89.7 cm³/mol. The van der Waals surface area contributed by atoms with E-state index in [1.165, 1.54) is 6.08 Å². The Morgan fingerprint density at radius 1 is 1.39 bits per heavy atom. The van der Waals surface area contributed by atoms with Crippen molar-refractivity contribution in [2.75, 3.05) is 0 Å². The molecule has 1 fully saturated rings. The maximum atomic E-state index is 12.9. The summed E-state index contributed by atoms with van der Waals surface area (Å²) >= 11 is 0. The van der Waals surface area contributed by atoms with Gasteiger partial charge >= 0.3 is 0 Å². The second-order valence-corrected chi connectivity index (χ2v) is 7.63. The molecule has 0 aromatic rings. The predicted octanol–water partition coefficient (Wildman–Crippen LogP) is 2.86. The Hall–Kier alpha value is -1.13. The van der Waals surface area contributed by atoms with E-state index >= 15 is 0 Å². The molecule has 4 nitrogen and oxygen atoms in total. The lowest BCUT2D eigenvalue weighted by Gasteiger charge is -2.55. The minimum atomic E-state index is -0.837. The Kier molecular flexibility index (Phi) is 5.37. The normalized spacial score (nSPS) is 45.0. The lowest BCUT2D eigenvalue weighted by atomic mass is 9.49. The van der Waals surface area contributed by atoms with Gasteiger partial charge in [-0.2, -0.15) is 0 Å². The van der Waals surface area contributed by atoms with E-state index in [9.17, 15) is 15.0 Å². The third-order valence-electron chi connectivity index (χ3n) is 6.37. The monoisotopic (exact) mass is 322 g/mol. The average Bonchev–Trinajstić information content (AvgIpc) is 2.51. The van der Waals surface area contributed by atoms with Gasteiger partial charge < -0.3 is 15.3 Å². The van der Waals surface area contributed by atoms with Gasteiger partial charge in [0.2, 0.25) is 0 Å². The van der Waals surface area contributed by atoms with E-state index in [0.717, 1.165) is 12.7 Å². The fraction of sp³-hybridized carbons (Fsp3) is 0.737. The van der Waals surface area contributed by atoms with E-state index < -0.39 is 17.6 Å². The van der Waals surface area contributed by atoms with E-state index in [0.29, 0.717) is 12.3 Å². The van der Waals surface area contributed by atoms with Crippen LogP contribution < -0.4 is 0 Å². The molecule has 0 unspecified atom stereocenters. The molecule has 130 valence electrons. The number of carbonyl (C=O) groups is 1. The quantitative estimate of drug-likeness (QED) is 0.422. The summed E-state index contributed by atoms with van der Waals surface area (Å²) in [6, 6.07) is 0. The highest BCUT2D eigenvalue weighted by Crippen LogP contribution is 2.55. The Morgan fingerprint density at radius 3 is 2.61 bits per heavy atom. The molecular formula is C19H30O4. The summed E-state index contributed by atoms with van der Waals surface area (Å²) in [6.45, 7) is 8.27. The molecule has 0 radical (unpaired) electrons. The summed E-state index contributed by atoms with van der Waals surface area (Å²) in [7, 11) is 0. The van der Waals surface area contributed by atoms with Crippen molar-refractivity contribution < 1.29 is 20.1 Å². The molecule has 0 aromatic carbocycles. The average molecular weight is 322 g/mol. The van der Waals surface area contributed by atoms with E-state index in [2.05, 4.69) is 13.8 Å². The minimum absolute atomic E-state index is 0.0476. The van der Waals surface area contributed by atoms with Crippen LogP contribution in [0.5, 0.6) is 0 Å². The van der Waals surface area contributed by atoms with E-state index in [4.69, 9.17) is 5.11 Å². The van der Waals surface area contributed by atoms with E-state index in [-0.39, 0.29) is 29.5 Å². The molecule has 23 heavy (non-hydrogen) atoms. The van der Waals surface area contributed by atoms with Gasteiger partial charge in [-0.15, -0.1) is 0 Å². The van der Waals surface area contributed by atoms with Gasteiger partial charge in [0.15, 0.2) is 5.78 Å². The number of rotatable bonds is 4. The molecule has 0 bridgehead atoms. The fourth-order valence-electron chi connectivity index (χ4n) is 5.02. The highest BCUT2D eigenvalue weighted by molar-refractivity contribution is 5.95. The second kappa shape index (κ2) is 6.78. The lowest BCUT2D eigenvalue weighted by molar-refractivity contribution is -0.149. The van der Waals surface area contributed by atoms with Crippen LogP contribution in [0.15, 0.2) is 24.5 Å². The van der Waals surface area contributed by atoms with Gasteiger partial charge in [0.05, 0.1) is 18.5 Å². The molecule has 2 rings (SSSR count). The highest BCUT2D eigenvalue weighted by Gasteiger charge is 2.57. The molecule has 0 aromatic heterocycles. The van der Waals surface area contributed by atoms with Crippen molar-refractivity contribution >= 4 is 5.78 Å². The first-order valence-corrected chi connectivity index (χ1v) is 8.68. The smallest absolute Gasteiger partial charge is 0.165 e. The lowest BCUT2D eigenvalue weighted by Crippen LogP contribution is -2.57. The second-order valence-electron chi connectivity index (χ2n) is 7.63. The van der Waals surface area contributed by atoms with Crippen molar-refractivity contribution in [2.45, 2.75) is 52.7 Å². The largest absolute Gasteiger partial charge is 0.515 e. The summed E-state index contributed by atoms with van der Waals surface area (Å²) in [5, 5.41) is 29.6. The molecule has 2 aliphatic rings. The van der Waals surface area contributed by atoms with Crippen LogP contribution in [-0.4, -0.2) is 33.3 Å².